The molecule has 0 aliphatic carbocycles. The molecule has 1 amide bonds. The highest BCUT2D eigenvalue weighted by Gasteiger charge is 2.21. The number of nitrogens with one attached hydrogen (secondary N) is 2. The van der Waals surface area contributed by atoms with Crippen molar-refractivity contribution in [3.8, 4) is 0 Å². The van der Waals surface area contributed by atoms with Crippen LogP contribution in [0.2, 0.25) is 5.02 Å². The third kappa shape index (κ3) is 3.43. The Kier molecular flexibility index (Phi) is 4.16. The van der Waals surface area contributed by atoms with Crippen molar-refractivity contribution in [1.82, 2.24) is 25.3 Å². The van der Waals surface area contributed by atoms with Crippen LogP contribution in [0, 0.1) is 6.92 Å². The largest absolute Gasteiger partial charge is 0.338 e. The van der Waals surface area contributed by atoms with Gasteiger partial charge in [-0.05, 0) is 36.8 Å². The minimum Gasteiger partial charge on any atom is -0.338 e. The molecule has 1 atom stereocenters. The molecule has 0 aliphatic heterocycles. The third-order valence-corrected chi connectivity index (χ3v) is 3.70. The van der Waals surface area contributed by atoms with Crippen molar-refractivity contribution in [1.29, 1.82) is 0 Å². The SMILES string of the molecule is Cc1cc(C(=O)N[C@H](c2ccc(Cl)cc2)c2ccn(C)n2)n[nH]1. The minimum atomic E-state index is -0.377. The predicted octanol–water partition coefficient (Wildman–Crippen LogP) is 2.62. The minimum absolute atomic E-state index is 0.264. The average molecular weight is 330 g/mol. The van der Waals surface area contributed by atoms with Gasteiger partial charge in [-0.1, -0.05) is 23.7 Å². The number of hydrogen-bond acceptors (Lipinski definition) is 3. The zero-order valence-electron chi connectivity index (χ0n) is 12.7. The summed E-state index contributed by atoms with van der Waals surface area (Å²) >= 11 is 5.95. The van der Waals surface area contributed by atoms with Gasteiger partial charge in [0, 0.05) is 24.0 Å². The molecule has 3 rings (SSSR count). The first-order valence-electron chi connectivity index (χ1n) is 7.11. The molecule has 0 unspecified atom stereocenters. The topological polar surface area (TPSA) is 75.6 Å². The summed E-state index contributed by atoms with van der Waals surface area (Å²) in [6, 6.07) is 10.5. The Balaban J connectivity index is 1.92. The van der Waals surface area contributed by atoms with Crippen LogP contribution in [0.5, 0.6) is 0 Å². The van der Waals surface area contributed by atoms with E-state index in [1.54, 1.807) is 22.9 Å². The van der Waals surface area contributed by atoms with Crippen molar-refractivity contribution < 1.29 is 4.79 Å². The number of nitrogens with zero attached hydrogens (tertiary/aromatic N) is 3. The van der Waals surface area contributed by atoms with E-state index >= 15 is 0 Å². The molecule has 0 spiro atoms. The van der Waals surface area contributed by atoms with E-state index in [2.05, 4.69) is 20.6 Å². The number of aromatic amines is 1. The lowest BCUT2D eigenvalue weighted by Crippen LogP contribution is -2.30. The second-order valence-electron chi connectivity index (χ2n) is 5.31. The maximum Gasteiger partial charge on any atom is 0.272 e. The van der Waals surface area contributed by atoms with Crippen molar-refractivity contribution in [2.75, 3.05) is 0 Å². The van der Waals surface area contributed by atoms with Crippen molar-refractivity contribution in [2.45, 2.75) is 13.0 Å². The molecule has 3 aromatic rings. The predicted molar refractivity (Wildman–Crippen MR) is 87.3 cm³/mol. The van der Waals surface area contributed by atoms with Crippen LogP contribution in [-0.4, -0.2) is 25.9 Å². The molecular formula is C16H16ClN5O. The number of amides is 1. The van der Waals surface area contributed by atoms with Gasteiger partial charge in [0.25, 0.3) is 5.91 Å². The van der Waals surface area contributed by atoms with E-state index in [-0.39, 0.29) is 11.9 Å². The Morgan fingerprint density at radius 3 is 2.61 bits per heavy atom. The average Bonchev–Trinajstić information content (AvgIpc) is 3.14. The molecule has 6 nitrogen and oxygen atoms in total. The van der Waals surface area contributed by atoms with Crippen LogP contribution in [0.4, 0.5) is 0 Å². The van der Waals surface area contributed by atoms with Gasteiger partial charge in [0.1, 0.15) is 5.69 Å². The number of carbonyl (C=O) groups excluding carboxylic acids is 1. The van der Waals surface area contributed by atoms with Crippen molar-refractivity contribution in [3.05, 3.63) is 70.3 Å². The first-order chi connectivity index (χ1) is 11.0. The van der Waals surface area contributed by atoms with Crippen LogP contribution in [0.3, 0.4) is 0 Å². The molecule has 0 saturated carbocycles. The summed E-state index contributed by atoms with van der Waals surface area (Å²) < 4.78 is 1.70. The van der Waals surface area contributed by atoms with Crippen LogP contribution < -0.4 is 5.32 Å². The van der Waals surface area contributed by atoms with Crippen LogP contribution in [-0.2, 0) is 7.05 Å². The first-order valence-corrected chi connectivity index (χ1v) is 7.48. The van der Waals surface area contributed by atoms with Crippen LogP contribution in [0.25, 0.3) is 0 Å². The summed E-state index contributed by atoms with van der Waals surface area (Å²) in [7, 11) is 1.83. The molecule has 23 heavy (non-hydrogen) atoms. The Hall–Kier alpha value is -2.60. The maximum atomic E-state index is 12.4. The molecule has 2 N–H and O–H groups in total. The second-order valence-corrected chi connectivity index (χ2v) is 5.74. The number of carbonyl (C=O) groups is 1. The van der Waals surface area contributed by atoms with E-state index in [9.17, 15) is 4.79 Å². The van der Waals surface area contributed by atoms with Gasteiger partial charge >= 0.3 is 0 Å². The Bertz CT molecular complexity index is 821. The summed E-state index contributed by atoms with van der Waals surface area (Å²) in [4.78, 5) is 12.4. The number of hydrogen-bond donors (Lipinski definition) is 2. The van der Waals surface area contributed by atoms with Gasteiger partial charge in [0.15, 0.2) is 0 Å². The molecule has 0 bridgehead atoms. The summed E-state index contributed by atoms with van der Waals surface area (Å²) in [5.41, 5.74) is 2.82. The first kappa shape index (κ1) is 15.3. The Labute approximate surface area is 138 Å². The number of halogens is 1. The zero-order chi connectivity index (χ0) is 16.4. The van der Waals surface area contributed by atoms with Gasteiger partial charge in [0.05, 0.1) is 11.7 Å². The summed E-state index contributed by atoms with van der Waals surface area (Å²) in [5.74, 6) is -0.264. The van der Waals surface area contributed by atoms with Crippen molar-refractivity contribution in [3.63, 3.8) is 0 Å². The second kappa shape index (κ2) is 6.26. The van der Waals surface area contributed by atoms with E-state index in [4.69, 9.17) is 11.6 Å². The summed E-state index contributed by atoms with van der Waals surface area (Å²) in [6.45, 7) is 1.85. The number of H-pyrrole nitrogens is 1. The molecule has 7 heteroatoms. The highest BCUT2D eigenvalue weighted by atomic mass is 35.5. The van der Waals surface area contributed by atoms with Crippen molar-refractivity contribution in [2.24, 2.45) is 7.05 Å². The smallest absolute Gasteiger partial charge is 0.272 e. The quantitative estimate of drug-likeness (QED) is 0.772. The van der Waals surface area contributed by atoms with Crippen LogP contribution in [0.15, 0.2) is 42.6 Å². The van der Waals surface area contributed by atoms with Crippen molar-refractivity contribution >= 4 is 17.5 Å². The normalized spacial score (nSPS) is 12.1. The highest BCUT2D eigenvalue weighted by molar-refractivity contribution is 6.30. The molecule has 0 fully saturated rings. The number of aromatic nitrogens is 4. The lowest BCUT2D eigenvalue weighted by molar-refractivity contribution is 0.0937. The highest BCUT2D eigenvalue weighted by Crippen LogP contribution is 2.22. The molecule has 118 valence electrons. The monoisotopic (exact) mass is 329 g/mol. The van der Waals surface area contributed by atoms with Gasteiger partial charge in [-0.2, -0.15) is 10.2 Å². The Morgan fingerprint density at radius 1 is 1.30 bits per heavy atom. The fraction of sp³-hybridized carbons (Fsp3) is 0.188. The van der Waals surface area contributed by atoms with E-state index < -0.39 is 0 Å². The Morgan fingerprint density at radius 2 is 2.04 bits per heavy atom. The van der Waals surface area contributed by atoms with Gasteiger partial charge in [-0.15, -0.1) is 0 Å². The summed E-state index contributed by atoms with van der Waals surface area (Å²) in [5, 5.41) is 14.8. The van der Waals surface area contributed by atoms with Gasteiger partial charge in [-0.3, -0.25) is 14.6 Å². The molecule has 2 heterocycles. The molecule has 0 saturated heterocycles. The van der Waals surface area contributed by atoms with E-state index in [0.29, 0.717) is 10.7 Å². The molecule has 1 aromatic carbocycles. The van der Waals surface area contributed by atoms with Crippen LogP contribution >= 0.6 is 11.6 Å². The standard InChI is InChI=1S/C16H16ClN5O/c1-10-9-14(20-19-10)16(23)18-15(13-7-8-22(2)21-13)11-3-5-12(17)6-4-11/h3-9,15H,1-2H3,(H,18,23)(H,19,20)/t15-/m1/s1. The molecule has 2 aromatic heterocycles. The van der Waals surface area contributed by atoms with Gasteiger partial charge < -0.3 is 5.32 Å². The number of benzene rings is 1. The lowest BCUT2D eigenvalue weighted by atomic mass is 10.0. The lowest BCUT2D eigenvalue weighted by Gasteiger charge is -2.17. The van der Waals surface area contributed by atoms with Crippen LogP contribution in [0.1, 0.15) is 33.5 Å². The zero-order valence-corrected chi connectivity index (χ0v) is 13.5. The van der Waals surface area contributed by atoms with E-state index in [1.165, 1.54) is 0 Å². The van der Waals surface area contributed by atoms with Gasteiger partial charge in [0.2, 0.25) is 0 Å². The fourth-order valence-corrected chi connectivity index (χ4v) is 2.44. The molecular weight excluding hydrogens is 314 g/mol. The van der Waals surface area contributed by atoms with E-state index in [1.807, 2.05) is 38.4 Å². The third-order valence-electron chi connectivity index (χ3n) is 3.45. The molecule has 0 radical (unpaired) electrons. The fourth-order valence-electron chi connectivity index (χ4n) is 2.31. The van der Waals surface area contributed by atoms with E-state index in [0.717, 1.165) is 17.0 Å². The summed E-state index contributed by atoms with van der Waals surface area (Å²) in [6.07, 6.45) is 1.84. The number of aryl methyl sites for hydroxylation is 2. The van der Waals surface area contributed by atoms with Gasteiger partial charge in [-0.25, -0.2) is 0 Å². The maximum absolute atomic E-state index is 12.4. The molecule has 0 aliphatic rings. The number of rotatable bonds is 4.